The van der Waals surface area contributed by atoms with E-state index in [2.05, 4.69) is 5.32 Å². The van der Waals surface area contributed by atoms with Gasteiger partial charge in [-0.25, -0.2) is 4.79 Å². The highest BCUT2D eigenvalue weighted by Crippen LogP contribution is 2.40. The molecule has 154 valence electrons. The largest absolute Gasteiger partial charge is 0.480 e. The van der Waals surface area contributed by atoms with E-state index in [9.17, 15) is 29.1 Å². The number of aliphatic carboxylic acids is 2. The molecule has 1 saturated heterocycles. The molecular weight excluding hydrogens is 394 g/mol. The second kappa shape index (κ2) is 9.06. The summed E-state index contributed by atoms with van der Waals surface area (Å²) in [6.07, 6.45) is 0.368. The lowest BCUT2D eigenvalue weighted by Crippen LogP contribution is -2.70. The molecule has 28 heavy (non-hydrogen) atoms. The van der Waals surface area contributed by atoms with E-state index in [0.29, 0.717) is 5.57 Å². The Labute approximate surface area is 164 Å². The number of amides is 2. The van der Waals surface area contributed by atoms with Crippen LogP contribution in [-0.2, 0) is 28.7 Å². The molecule has 2 heterocycles. The van der Waals surface area contributed by atoms with Gasteiger partial charge in [-0.05, 0) is 12.8 Å². The van der Waals surface area contributed by atoms with Gasteiger partial charge in [-0.15, -0.1) is 11.8 Å². The van der Waals surface area contributed by atoms with Gasteiger partial charge in [0.05, 0.1) is 0 Å². The number of β-lactam (4-membered cyclic amide) rings is 1. The van der Waals surface area contributed by atoms with Gasteiger partial charge in [0.15, 0.2) is 0 Å². The minimum absolute atomic E-state index is 0.00146. The van der Waals surface area contributed by atoms with Crippen molar-refractivity contribution in [3.05, 3.63) is 11.3 Å². The first-order chi connectivity index (χ1) is 13.1. The van der Waals surface area contributed by atoms with Crippen LogP contribution in [0, 0.1) is 0 Å². The molecule has 2 rings (SSSR count). The Bertz CT molecular complexity index is 737. The van der Waals surface area contributed by atoms with Crippen molar-refractivity contribution in [3.8, 4) is 0 Å². The number of esters is 1. The third-order valence-corrected chi connectivity index (χ3v) is 5.59. The molecule has 1 fully saturated rings. The van der Waals surface area contributed by atoms with E-state index in [1.807, 2.05) is 0 Å². The summed E-state index contributed by atoms with van der Waals surface area (Å²) in [5.74, 6) is -3.79. The summed E-state index contributed by atoms with van der Waals surface area (Å²) in [4.78, 5) is 58.7. The number of carboxylic acid groups (broad SMARTS) is 2. The lowest BCUT2D eigenvalue weighted by Gasteiger charge is -2.49. The van der Waals surface area contributed by atoms with Crippen LogP contribution in [-0.4, -0.2) is 74.7 Å². The van der Waals surface area contributed by atoms with Gasteiger partial charge >= 0.3 is 17.9 Å². The molecule has 0 bridgehead atoms. The fraction of sp³-hybridized carbons (Fsp3) is 0.562. The van der Waals surface area contributed by atoms with Crippen LogP contribution >= 0.6 is 11.8 Å². The number of nitrogens with two attached hydrogens (primary N) is 1. The maximum absolute atomic E-state index is 12.4. The molecule has 0 saturated carbocycles. The Hall–Kier alpha value is -2.60. The second-order valence-electron chi connectivity index (χ2n) is 6.33. The third kappa shape index (κ3) is 4.81. The van der Waals surface area contributed by atoms with Gasteiger partial charge in [0, 0.05) is 24.7 Å². The number of fused-ring (bicyclic) bond motifs is 1. The number of thioether (sulfide) groups is 1. The van der Waals surface area contributed by atoms with Crippen molar-refractivity contribution in [2.75, 3.05) is 12.4 Å². The fourth-order valence-corrected chi connectivity index (χ4v) is 4.16. The van der Waals surface area contributed by atoms with Crippen molar-refractivity contribution >= 4 is 41.5 Å². The van der Waals surface area contributed by atoms with E-state index < -0.39 is 47.2 Å². The molecule has 2 aliphatic heterocycles. The number of ether oxygens (including phenoxy) is 1. The molecule has 1 unspecified atom stereocenters. The maximum atomic E-state index is 12.4. The Morgan fingerprint density at radius 1 is 1.36 bits per heavy atom. The first kappa shape index (κ1) is 21.7. The molecule has 0 aromatic rings. The molecule has 0 radical (unpaired) electrons. The first-order valence-corrected chi connectivity index (χ1v) is 9.49. The molecule has 11 nitrogen and oxygen atoms in total. The van der Waals surface area contributed by atoms with Crippen molar-refractivity contribution in [1.82, 2.24) is 10.2 Å². The minimum atomic E-state index is -1.31. The molecule has 0 aliphatic carbocycles. The standard InChI is InChI=1S/C16H21N3O8S/c1-7(20)27-5-8-6-28-14-11(13(22)19(14)12(8)16(25)26)18-10(21)4-2-3-9(17)15(23)24/h9,11,14H,2-6,17H2,1H3,(H,18,21)(H,23,24)(H,25,26)/t9?,11-,14+/m1/s1. The highest BCUT2D eigenvalue weighted by molar-refractivity contribution is 8.00. The van der Waals surface area contributed by atoms with Gasteiger partial charge in [-0.1, -0.05) is 0 Å². The number of hydrogen-bond donors (Lipinski definition) is 4. The number of carboxylic acids is 2. The first-order valence-electron chi connectivity index (χ1n) is 8.44. The third-order valence-electron chi connectivity index (χ3n) is 4.25. The van der Waals surface area contributed by atoms with Gasteiger partial charge in [-0.3, -0.25) is 24.1 Å². The Morgan fingerprint density at radius 2 is 2.04 bits per heavy atom. The number of nitrogens with one attached hydrogen (secondary N) is 1. The monoisotopic (exact) mass is 415 g/mol. The van der Waals surface area contributed by atoms with Crippen molar-refractivity contribution in [2.24, 2.45) is 5.73 Å². The van der Waals surface area contributed by atoms with Crippen LogP contribution in [0.2, 0.25) is 0 Å². The molecule has 0 aromatic carbocycles. The average molecular weight is 415 g/mol. The van der Waals surface area contributed by atoms with Crippen molar-refractivity contribution in [1.29, 1.82) is 0 Å². The molecule has 2 aliphatic rings. The summed E-state index contributed by atoms with van der Waals surface area (Å²) in [5, 5.41) is 20.1. The zero-order valence-electron chi connectivity index (χ0n) is 15.0. The van der Waals surface area contributed by atoms with Gasteiger partial charge < -0.3 is 26.0 Å². The molecule has 3 atom stereocenters. The molecule has 0 spiro atoms. The van der Waals surface area contributed by atoms with E-state index in [4.69, 9.17) is 15.6 Å². The molecular formula is C16H21N3O8S. The van der Waals surface area contributed by atoms with E-state index in [1.165, 1.54) is 18.7 Å². The Balaban J connectivity index is 1.96. The van der Waals surface area contributed by atoms with Crippen molar-refractivity contribution < 1.29 is 38.9 Å². The highest BCUT2D eigenvalue weighted by Gasteiger charge is 2.54. The number of carbonyl (C=O) groups excluding carboxylic acids is 3. The smallest absolute Gasteiger partial charge is 0.352 e. The fourth-order valence-electron chi connectivity index (χ4n) is 2.83. The Morgan fingerprint density at radius 3 is 2.61 bits per heavy atom. The number of rotatable bonds is 9. The van der Waals surface area contributed by atoms with Crippen LogP contribution < -0.4 is 11.1 Å². The zero-order chi connectivity index (χ0) is 21.0. The summed E-state index contributed by atoms with van der Waals surface area (Å²) in [7, 11) is 0. The van der Waals surface area contributed by atoms with E-state index >= 15 is 0 Å². The summed E-state index contributed by atoms with van der Waals surface area (Å²) in [5.41, 5.74) is 5.44. The van der Waals surface area contributed by atoms with Gasteiger partial charge in [0.1, 0.15) is 29.8 Å². The number of carbonyl (C=O) groups is 5. The second-order valence-corrected chi connectivity index (χ2v) is 7.43. The molecule has 12 heteroatoms. The molecule has 0 aromatic heterocycles. The van der Waals surface area contributed by atoms with E-state index in [0.717, 1.165) is 4.90 Å². The van der Waals surface area contributed by atoms with E-state index in [-0.39, 0.29) is 37.3 Å². The van der Waals surface area contributed by atoms with E-state index in [1.54, 1.807) is 0 Å². The van der Waals surface area contributed by atoms with Gasteiger partial charge in [-0.2, -0.15) is 0 Å². The predicted octanol–water partition coefficient (Wildman–Crippen LogP) is -1.13. The van der Waals surface area contributed by atoms with Crippen LogP contribution in [0.3, 0.4) is 0 Å². The normalized spacial score (nSPS) is 22.1. The average Bonchev–Trinajstić information content (AvgIpc) is 2.62. The van der Waals surface area contributed by atoms with Crippen LogP contribution in [0.25, 0.3) is 0 Å². The van der Waals surface area contributed by atoms with Gasteiger partial charge in [0.2, 0.25) is 5.91 Å². The molecule has 5 N–H and O–H groups in total. The number of nitrogens with zero attached hydrogens (tertiary/aromatic N) is 1. The highest BCUT2D eigenvalue weighted by atomic mass is 32.2. The van der Waals surface area contributed by atoms with Crippen LogP contribution in [0.4, 0.5) is 0 Å². The SMILES string of the molecule is CC(=O)OCC1=C(C(=O)O)N2C(=O)[C@@H](NC(=O)CCCC(N)C(=O)O)[C@@H]2SC1. The number of hydrogen-bond acceptors (Lipinski definition) is 8. The quantitative estimate of drug-likeness (QED) is 0.266. The topological polar surface area (TPSA) is 176 Å². The zero-order valence-corrected chi connectivity index (χ0v) is 15.9. The Kier molecular flexibility index (Phi) is 7.02. The van der Waals surface area contributed by atoms with Crippen molar-refractivity contribution in [2.45, 2.75) is 43.6 Å². The molecule has 2 amide bonds. The van der Waals surface area contributed by atoms with Crippen LogP contribution in [0.15, 0.2) is 11.3 Å². The predicted molar refractivity (Wildman–Crippen MR) is 95.8 cm³/mol. The summed E-state index contributed by atoms with van der Waals surface area (Å²) in [6, 6.07) is -1.92. The lowest BCUT2D eigenvalue weighted by atomic mass is 10.0. The lowest BCUT2D eigenvalue weighted by molar-refractivity contribution is -0.151. The van der Waals surface area contributed by atoms with Crippen molar-refractivity contribution in [3.63, 3.8) is 0 Å². The summed E-state index contributed by atoms with van der Waals surface area (Å²) >= 11 is 1.26. The minimum Gasteiger partial charge on any atom is -0.480 e. The van der Waals surface area contributed by atoms with Crippen LogP contribution in [0.5, 0.6) is 0 Å². The van der Waals surface area contributed by atoms with Gasteiger partial charge in [0.25, 0.3) is 5.91 Å². The maximum Gasteiger partial charge on any atom is 0.352 e. The summed E-state index contributed by atoms with van der Waals surface area (Å²) in [6.45, 7) is 0.977. The summed E-state index contributed by atoms with van der Waals surface area (Å²) < 4.78 is 4.84. The van der Waals surface area contributed by atoms with Crippen LogP contribution in [0.1, 0.15) is 26.2 Å².